The molecule has 0 saturated heterocycles. The minimum absolute atomic E-state index is 0.0108. The molecule has 0 fully saturated rings. The molecule has 2 unspecified atom stereocenters. The van der Waals surface area contributed by atoms with Gasteiger partial charge in [-0.1, -0.05) is 13.0 Å². The molecule has 0 radical (unpaired) electrons. The molecule has 2 atom stereocenters. The Kier molecular flexibility index (Phi) is 3.61. The van der Waals surface area contributed by atoms with Gasteiger partial charge in [-0.3, -0.25) is 4.98 Å². The van der Waals surface area contributed by atoms with Crippen molar-refractivity contribution in [3.63, 3.8) is 0 Å². The number of aliphatic hydroxyl groups is 1. The summed E-state index contributed by atoms with van der Waals surface area (Å²) in [5.41, 5.74) is -0.0296. The summed E-state index contributed by atoms with van der Waals surface area (Å²) >= 11 is 0. The van der Waals surface area contributed by atoms with E-state index >= 15 is 0 Å². The van der Waals surface area contributed by atoms with Gasteiger partial charge < -0.3 is 10.4 Å². The zero-order chi connectivity index (χ0) is 10.6. The monoisotopic (exact) mass is 194 g/mol. The van der Waals surface area contributed by atoms with E-state index in [9.17, 15) is 5.11 Å². The molecule has 1 aromatic rings. The summed E-state index contributed by atoms with van der Waals surface area (Å²) in [6, 6.07) is 3.74. The molecule has 1 heterocycles. The van der Waals surface area contributed by atoms with Crippen molar-refractivity contribution in [3.05, 3.63) is 30.1 Å². The molecule has 0 saturated carbocycles. The second-order valence-corrected chi connectivity index (χ2v) is 3.67. The molecule has 0 aliphatic carbocycles. The van der Waals surface area contributed by atoms with E-state index in [4.69, 9.17) is 0 Å². The lowest BCUT2D eigenvalue weighted by Gasteiger charge is -2.30. The molecule has 0 aliphatic rings. The van der Waals surface area contributed by atoms with Gasteiger partial charge in [-0.25, -0.2) is 0 Å². The Labute approximate surface area is 85.2 Å². The van der Waals surface area contributed by atoms with Crippen molar-refractivity contribution >= 4 is 0 Å². The number of pyridine rings is 1. The normalized spacial score (nSPS) is 17.4. The van der Waals surface area contributed by atoms with Gasteiger partial charge in [0.15, 0.2) is 0 Å². The van der Waals surface area contributed by atoms with E-state index < -0.39 is 5.60 Å². The standard InChI is InChI=1S/C11H18N2O/c1-4-13-9(2)11(3,14)10-6-5-7-12-8-10/h5-9,13-14H,4H2,1-3H3. The van der Waals surface area contributed by atoms with Crippen molar-refractivity contribution in [2.24, 2.45) is 0 Å². The van der Waals surface area contributed by atoms with Crippen LogP contribution in [0.3, 0.4) is 0 Å². The van der Waals surface area contributed by atoms with Gasteiger partial charge in [0.05, 0.1) is 0 Å². The lowest BCUT2D eigenvalue weighted by molar-refractivity contribution is 0.0218. The maximum absolute atomic E-state index is 10.3. The second kappa shape index (κ2) is 4.53. The van der Waals surface area contributed by atoms with E-state index in [1.165, 1.54) is 0 Å². The molecule has 3 heteroatoms. The van der Waals surface area contributed by atoms with Crippen molar-refractivity contribution in [2.45, 2.75) is 32.4 Å². The van der Waals surface area contributed by atoms with Crippen molar-refractivity contribution in [2.75, 3.05) is 6.54 Å². The predicted molar refractivity (Wildman–Crippen MR) is 56.9 cm³/mol. The largest absolute Gasteiger partial charge is 0.384 e. The van der Waals surface area contributed by atoms with E-state index in [0.717, 1.165) is 12.1 Å². The highest BCUT2D eigenvalue weighted by molar-refractivity contribution is 5.19. The first-order chi connectivity index (χ1) is 6.59. The van der Waals surface area contributed by atoms with Crippen LogP contribution in [0.1, 0.15) is 26.3 Å². The number of rotatable bonds is 4. The Bertz CT molecular complexity index is 272. The van der Waals surface area contributed by atoms with E-state index in [0.29, 0.717) is 0 Å². The maximum Gasteiger partial charge on any atom is 0.103 e. The molecule has 78 valence electrons. The first-order valence-electron chi connectivity index (χ1n) is 4.95. The highest BCUT2D eigenvalue weighted by Gasteiger charge is 2.29. The zero-order valence-corrected chi connectivity index (χ0v) is 8.99. The minimum Gasteiger partial charge on any atom is -0.384 e. The fraction of sp³-hybridized carbons (Fsp3) is 0.545. The smallest absolute Gasteiger partial charge is 0.103 e. The van der Waals surface area contributed by atoms with E-state index in [2.05, 4.69) is 10.3 Å². The number of hydrogen-bond acceptors (Lipinski definition) is 3. The Morgan fingerprint density at radius 3 is 2.86 bits per heavy atom. The van der Waals surface area contributed by atoms with Gasteiger partial charge in [0.25, 0.3) is 0 Å². The van der Waals surface area contributed by atoms with Crippen LogP contribution in [0.25, 0.3) is 0 Å². The van der Waals surface area contributed by atoms with Crippen LogP contribution >= 0.6 is 0 Å². The molecule has 0 aliphatic heterocycles. The van der Waals surface area contributed by atoms with Crippen LogP contribution in [-0.2, 0) is 5.60 Å². The minimum atomic E-state index is -0.871. The Hall–Kier alpha value is -0.930. The topological polar surface area (TPSA) is 45.1 Å². The van der Waals surface area contributed by atoms with Crippen LogP contribution < -0.4 is 5.32 Å². The molecule has 0 bridgehead atoms. The van der Waals surface area contributed by atoms with Gasteiger partial charge in [0.2, 0.25) is 0 Å². The Morgan fingerprint density at radius 1 is 1.64 bits per heavy atom. The fourth-order valence-electron chi connectivity index (χ4n) is 1.42. The molecule has 14 heavy (non-hydrogen) atoms. The van der Waals surface area contributed by atoms with Crippen LogP contribution in [0, 0.1) is 0 Å². The summed E-state index contributed by atoms with van der Waals surface area (Å²) in [4.78, 5) is 4.01. The first kappa shape index (κ1) is 11.1. The number of likely N-dealkylation sites (N-methyl/N-ethyl adjacent to an activating group) is 1. The summed E-state index contributed by atoms with van der Waals surface area (Å²) in [6.07, 6.45) is 3.41. The summed E-state index contributed by atoms with van der Waals surface area (Å²) in [7, 11) is 0. The number of hydrogen-bond donors (Lipinski definition) is 2. The van der Waals surface area contributed by atoms with Crippen LogP contribution in [0.2, 0.25) is 0 Å². The van der Waals surface area contributed by atoms with Gasteiger partial charge in [0, 0.05) is 24.0 Å². The predicted octanol–water partition coefficient (Wildman–Crippen LogP) is 1.29. The quantitative estimate of drug-likeness (QED) is 0.759. The number of aromatic nitrogens is 1. The van der Waals surface area contributed by atoms with Gasteiger partial charge in [0.1, 0.15) is 5.60 Å². The van der Waals surface area contributed by atoms with Gasteiger partial charge in [-0.2, -0.15) is 0 Å². The summed E-state index contributed by atoms with van der Waals surface area (Å²) < 4.78 is 0. The zero-order valence-electron chi connectivity index (χ0n) is 8.99. The Morgan fingerprint density at radius 2 is 2.36 bits per heavy atom. The van der Waals surface area contributed by atoms with E-state index in [-0.39, 0.29) is 6.04 Å². The molecular formula is C11H18N2O. The Balaban J connectivity index is 2.84. The van der Waals surface area contributed by atoms with Crippen LogP contribution in [-0.4, -0.2) is 22.7 Å². The molecule has 0 amide bonds. The van der Waals surface area contributed by atoms with Crippen molar-refractivity contribution in [1.29, 1.82) is 0 Å². The number of nitrogens with one attached hydrogen (secondary N) is 1. The molecule has 1 aromatic heterocycles. The number of nitrogens with zero attached hydrogens (tertiary/aromatic N) is 1. The average Bonchev–Trinajstić information content (AvgIpc) is 2.19. The maximum atomic E-state index is 10.3. The lowest BCUT2D eigenvalue weighted by Crippen LogP contribution is -2.44. The third-order valence-corrected chi connectivity index (χ3v) is 2.60. The fourth-order valence-corrected chi connectivity index (χ4v) is 1.42. The highest BCUT2D eigenvalue weighted by atomic mass is 16.3. The van der Waals surface area contributed by atoms with Crippen LogP contribution in [0.5, 0.6) is 0 Å². The van der Waals surface area contributed by atoms with Crippen molar-refractivity contribution in [1.82, 2.24) is 10.3 Å². The highest BCUT2D eigenvalue weighted by Crippen LogP contribution is 2.23. The molecule has 3 nitrogen and oxygen atoms in total. The second-order valence-electron chi connectivity index (χ2n) is 3.67. The third kappa shape index (κ3) is 2.30. The molecule has 2 N–H and O–H groups in total. The molecular weight excluding hydrogens is 176 g/mol. The molecule has 1 rings (SSSR count). The van der Waals surface area contributed by atoms with Gasteiger partial charge >= 0.3 is 0 Å². The van der Waals surface area contributed by atoms with Gasteiger partial charge in [-0.05, 0) is 26.5 Å². The average molecular weight is 194 g/mol. The first-order valence-corrected chi connectivity index (χ1v) is 4.95. The van der Waals surface area contributed by atoms with E-state index in [1.807, 2.05) is 26.0 Å². The summed E-state index contributed by atoms with van der Waals surface area (Å²) in [5, 5.41) is 13.5. The van der Waals surface area contributed by atoms with Crippen molar-refractivity contribution < 1.29 is 5.11 Å². The SMILES string of the molecule is CCNC(C)C(C)(O)c1cccnc1. The lowest BCUT2D eigenvalue weighted by atomic mass is 9.90. The summed E-state index contributed by atoms with van der Waals surface area (Å²) in [6.45, 7) is 6.64. The van der Waals surface area contributed by atoms with Gasteiger partial charge in [-0.15, -0.1) is 0 Å². The van der Waals surface area contributed by atoms with Crippen LogP contribution in [0.15, 0.2) is 24.5 Å². The van der Waals surface area contributed by atoms with Crippen LogP contribution in [0.4, 0.5) is 0 Å². The summed E-state index contributed by atoms with van der Waals surface area (Å²) in [5.74, 6) is 0. The molecule has 0 spiro atoms. The van der Waals surface area contributed by atoms with Crippen molar-refractivity contribution in [3.8, 4) is 0 Å². The molecule has 0 aromatic carbocycles. The third-order valence-electron chi connectivity index (χ3n) is 2.60. The van der Waals surface area contributed by atoms with E-state index in [1.54, 1.807) is 19.3 Å².